The van der Waals surface area contributed by atoms with E-state index in [0.717, 1.165) is 50.5 Å². The number of aromatic nitrogens is 2. The molecule has 0 aliphatic carbocycles. The van der Waals surface area contributed by atoms with Gasteiger partial charge in [-0.2, -0.15) is 0 Å². The molecule has 3 rings (SSSR count). The van der Waals surface area contributed by atoms with E-state index in [4.69, 9.17) is 4.74 Å². The zero-order chi connectivity index (χ0) is 21.3. The molecule has 1 aromatic heterocycles. The summed E-state index contributed by atoms with van der Waals surface area (Å²) in [5.41, 5.74) is 0. The lowest BCUT2D eigenvalue weighted by molar-refractivity contribution is -0.133. The number of carbonyl (C=O) groups excluding carboxylic acids is 2. The molecule has 1 N–H and O–H groups in total. The van der Waals surface area contributed by atoms with Crippen LogP contribution in [-0.4, -0.2) is 84.2 Å². The van der Waals surface area contributed by atoms with Gasteiger partial charge in [0, 0.05) is 58.3 Å². The van der Waals surface area contributed by atoms with Crippen molar-refractivity contribution in [1.29, 1.82) is 0 Å². The first-order valence-electron chi connectivity index (χ1n) is 11.1. The molecule has 0 saturated carbocycles. The van der Waals surface area contributed by atoms with E-state index >= 15 is 0 Å². The van der Waals surface area contributed by atoms with Gasteiger partial charge in [0.1, 0.15) is 18.0 Å². The molecule has 2 aliphatic heterocycles. The molecule has 2 aliphatic rings. The van der Waals surface area contributed by atoms with Gasteiger partial charge in [0.2, 0.25) is 5.91 Å². The lowest BCUT2D eigenvalue weighted by Crippen LogP contribution is -2.50. The molecular formula is C21H34N6O3. The number of piperidine rings is 1. The molecule has 1 aromatic rings. The van der Waals surface area contributed by atoms with Crippen LogP contribution in [0.25, 0.3) is 0 Å². The number of piperazine rings is 1. The maximum Gasteiger partial charge on any atom is 0.409 e. The Morgan fingerprint density at radius 3 is 2.63 bits per heavy atom. The van der Waals surface area contributed by atoms with Gasteiger partial charge < -0.3 is 24.8 Å². The minimum Gasteiger partial charge on any atom is -0.450 e. The highest BCUT2D eigenvalue weighted by molar-refractivity contribution is 5.76. The summed E-state index contributed by atoms with van der Waals surface area (Å²) < 4.78 is 5.04. The summed E-state index contributed by atoms with van der Waals surface area (Å²) in [4.78, 5) is 39.0. The van der Waals surface area contributed by atoms with Crippen molar-refractivity contribution in [3.05, 3.63) is 12.4 Å². The fourth-order valence-corrected chi connectivity index (χ4v) is 4.15. The molecule has 9 nitrogen and oxygen atoms in total. The monoisotopic (exact) mass is 418 g/mol. The molecule has 0 bridgehead atoms. The Labute approximate surface area is 178 Å². The molecule has 0 spiro atoms. The fraction of sp³-hybridized carbons (Fsp3) is 0.714. The van der Waals surface area contributed by atoms with Gasteiger partial charge in [-0.1, -0.05) is 0 Å². The van der Waals surface area contributed by atoms with Crippen LogP contribution in [0, 0.1) is 5.92 Å². The third kappa shape index (κ3) is 5.96. The predicted molar refractivity (Wildman–Crippen MR) is 116 cm³/mol. The highest BCUT2D eigenvalue weighted by Gasteiger charge is 2.26. The van der Waals surface area contributed by atoms with Gasteiger partial charge in [0.05, 0.1) is 6.61 Å². The first kappa shape index (κ1) is 22.1. The average molecular weight is 419 g/mol. The van der Waals surface area contributed by atoms with E-state index in [2.05, 4.69) is 20.2 Å². The van der Waals surface area contributed by atoms with Gasteiger partial charge in [-0.3, -0.25) is 4.79 Å². The number of anilines is 2. The fourth-order valence-electron chi connectivity index (χ4n) is 4.15. The van der Waals surface area contributed by atoms with E-state index in [1.54, 1.807) is 18.2 Å². The van der Waals surface area contributed by atoms with Crippen molar-refractivity contribution in [2.75, 3.05) is 62.6 Å². The third-order valence-corrected chi connectivity index (χ3v) is 5.78. The van der Waals surface area contributed by atoms with Gasteiger partial charge in [0.15, 0.2) is 0 Å². The quantitative estimate of drug-likeness (QED) is 0.726. The van der Waals surface area contributed by atoms with Crippen LogP contribution in [0.3, 0.4) is 0 Å². The average Bonchev–Trinajstić information content (AvgIpc) is 2.78. The summed E-state index contributed by atoms with van der Waals surface area (Å²) in [5.74, 6) is 2.47. The minimum absolute atomic E-state index is 0.187. The van der Waals surface area contributed by atoms with Crippen LogP contribution in [0.15, 0.2) is 12.4 Å². The third-order valence-electron chi connectivity index (χ3n) is 5.78. The van der Waals surface area contributed by atoms with Crippen LogP contribution in [-0.2, 0) is 9.53 Å². The Morgan fingerprint density at radius 2 is 1.90 bits per heavy atom. The van der Waals surface area contributed by atoms with E-state index in [1.807, 2.05) is 17.9 Å². The molecular weight excluding hydrogens is 384 g/mol. The van der Waals surface area contributed by atoms with Crippen LogP contribution in [0.2, 0.25) is 0 Å². The van der Waals surface area contributed by atoms with Gasteiger partial charge in [-0.15, -0.1) is 0 Å². The first-order valence-corrected chi connectivity index (χ1v) is 11.1. The maximum absolute atomic E-state index is 12.7. The Hall–Kier alpha value is -2.58. The molecule has 9 heteroatoms. The number of hydrogen-bond acceptors (Lipinski definition) is 7. The van der Waals surface area contributed by atoms with Gasteiger partial charge in [-0.25, -0.2) is 14.8 Å². The number of ether oxygens (including phenoxy) is 1. The lowest BCUT2D eigenvalue weighted by atomic mass is 9.93. The zero-order valence-corrected chi connectivity index (χ0v) is 18.2. The Kier molecular flexibility index (Phi) is 8.10. The van der Waals surface area contributed by atoms with Gasteiger partial charge in [0.25, 0.3) is 0 Å². The second kappa shape index (κ2) is 11.0. The van der Waals surface area contributed by atoms with Crippen LogP contribution >= 0.6 is 0 Å². The molecule has 166 valence electrons. The van der Waals surface area contributed by atoms with Crippen molar-refractivity contribution < 1.29 is 14.3 Å². The maximum atomic E-state index is 12.7. The van der Waals surface area contributed by atoms with E-state index in [1.165, 1.54) is 0 Å². The summed E-state index contributed by atoms with van der Waals surface area (Å²) in [6, 6.07) is 2.00. The van der Waals surface area contributed by atoms with Crippen LogP contribution in [0.5, 0.6) is 0 Å². The minimum atomic E-state index is -0.283. The van der Waals surface area contributed by atoms with E-state index in [-0.39, 0.29) is 12.0 Å². The number of nitrogens with one attached hydrogen (secondary N) is 1. The normalized spacial score (nSPS) is 19.5. The van der Waals surface area contributed by atoms with Crippen molar-refractivity contribution in [2.24, 2.45) is 5.92 Å². The SMILES string of the molecule is CCNc1cc(N2CCCC(CCC(=O)N3CCN(C(=O)OCC)CC3)C2)ncn1. The number of rotatable bonds is 7. The number of hydrogen-bond donors (Lipinski definition) is 1. The molecule has 2 fully saturated rings. The highest BCUT2D eigenvalue weighted by Crippen LogP contribution is 2.26. The lowest BCUT2D eigenvalue weighted by Gasteiger charge is -2.35. The van der Waals surface area contributed by atoms with Crippen molar-refractivity contribution in [3.63, 3.8) is 0 Å². The van der Waals surface area contributed by atoms with Crippen molar-refractivity contribution in [3.8, 4) is 0 Å². The Balaban J connectivity index is 1.44. The topological polar surface area (TPSA) is 90.9 Å². The molecule has 1 unspecified atom stereocenters. The Bertz CT molecular complexity index is 708. The molecule has 2 amide bonds. The van der Waals surface area contributed by atoms with Crippen molar-refractivity contribution in [2.45, 2.75) is 39.5 Å². The second-order valence-corrected chi connectivity index (χ2v) is 7.85. The number of nitrogens with zero attached hydrogens (tertiary/aromatic N) is 5. The molecule has 3 heterocycles. The molecule has 0 radical (unpaired) electrons. The summed E-state index contributed by atoms with van der Waals surface area (Å²) >= 11 is 0. The summed E-state index contributed by atoms with van der Waals surface area (Å²) in [7, 11) is 0. The molecule has 2 saturated heterocycles. The largest absolute Gasteiger partial charge is 0.450 e. The molecule has 1 atom stereocenters. The van der Waals surface area contributed by atoms with Gasteiger partial charge in [-0.05, 0) is 39.0 Å². The van der Waals surface area contributed by atoms with E-state index in [9.17, 15) is 9.59 Å². The summed E-state index contributed by atoms with van der Waals surface area (Å²) in [5, 5.41) is 3.23. The van der Waals surface area contributed by atoms with Crippen LogP contribution in [0.1, 0.15) is 39.5 Å². The number of amides is 2. The van der Waals surface area contributed by atoms with Crippen molar-refractivity contribution in [1.82, 2.24) is 19.8 Å². The highest BCUT2D eigenvalue weighted by atomic mass is 16.6. The number of carbonyl (C=O) groups is 2. The van der Waals surface area contributed by atoms with E-state index in [0.29, 0.717) is 45.1 Å². The zero-order valence-electron chi connectivity index (χ0n) is 18.2. The standard InChI is InChI=1S/C21H34N6O3/c1-3-22-18-14-19(24-16-23-18)27-9-5-6-17(15-27)7-8-20(28)25-10-12-26(13-11-25)21(29)30-4-2/h14,16-17H,3-13,15H2,1-2H3,(H,22,23,24). The van der Waals surface area contributed by atoms with Crippen LogP contribution in [0.4, 0.5) is 16.4 Å². The smallest absolute Gasteiger partial charge is 0.409 e. The van der Waals surface area contributed by atoms with Crippen LogP contribution < -0.4 is 10.2 Å². The summed E-state index contributed by atoms with van der Waals surface area (Å²) in [6.45, 7) is 9.23. The first-order chi connectivity index (χ1) is 14.6. The second-order valence-electron chi connectivity index (χ2n) is 7.85. The van der Waals surface area contributed by atoms with Gasteiger partial charge >= 0.3 is 6.09 Å². The van der Waals surface area contributed by atoms with E-state index < -0.39 is 0 Å². The molecule has 0 aromatic carbocycles. The predicted octanol–water partition coefficient (Wildman–Crippen LogP) is 2.21. The summed E-state index contributed by atoms with van der Waals surface area (Å²) in [6.07, 6.45) is 5.02. The van der Waals surface area contributed by atoms with Crippen molar-refractivity contribution >= 4 is 23.6 Å². The Morgan fingerprint density at radius 1 is 1.13 bits per heavy atom. The molecule has 30 heavy (non-hydrogen) atoms.